The van der Waals surface area contributed by atoms with E-state index in [9.17, 15) is 4.79 Å². The number of anilines is 2. The van der Waals surface area contributed by atoms with E-state index in [2.05, 4.69) is 50.0 Å². The van der Waals surface area contributed by atoms with Crippen LogP contribution in [-0.2, 0) is 6.54 Å². The number of carbonyl (C=O) groups excluding carboxylic acids is 1. The molecule has 5 rings (SSSR count). The third-order valence-corrected chi connectivity index (χ3v) is 6.30. The molecule has 1 fully saturated rings. The topological polar surface area (TPSA) is 70.2 Å². The highest BCUT2D eigenvalue weighted by Gasteiger charge is 2.21. The zero-order chi connectivity index (χ0) is 23.9. The maximum atomic E-state index is 12.9. The molecule has 0 saturated carbocycles. The van der Waals surface area contributed by atoms with E-state index in [4.69, 9.17) is 0 Å². The molecule has 1 aliphatic rings. The quantitative estimate of drug-likeness (QED) is 0.390. The summed E-state index contributed by atoms with van der Waals surface area (Å²) in [5, 5.41) is 15.1. The van der Waals surface area contributed by atoms with Gasteiger partial charge in [-0.15, -0.1) is 10.2 Å². The molecule has 0 spiro atoms. The first kappa shape index (κ1) is 22.7. The number of rotatable bonds is 7. The number of hydrogen-bond donors (Lipinski definition) is 2. The molecule has 176 valence electrons. The zero-order valence-electron chi connectivity index (χ0n) is 19.6. The smallest absolute Gasteiger partial charge is 0.251 e. The molecule has 0 radical (unpaired) electrons. The van der Waals surface area contributed by atoms with Crippen LogP contribution in [0.3, 0.4) is 0 Å². The van der Waals surface area contributed by atoms with Gasteiger partial charge in [-0.05, 0) is 48.7 Å². The van der Waals surface area contributed by atoms with Crippen molar-refractivity contribution in [1.82, 2.24) is 20.4 Å². The molecule has 3 aromatic carbocycles. The summed E-state index contributed by atoms with van der Waals surface area (Å²) in [7, 11) is 0. The average molecular weight is 464 g/mol. The molecule has 0 atom stereocenters. The molecule has 4 aromatic rings. The molecule has 2 N–H and O–H groups in total. The van der Waals surface area contributed by atoms with E-state index in [0.717, 1.165) is 49.4 Å². The molecule has 1 aliphatic heterocycles. The Hall–Kier alpha value is -4.03. The lowest BCUT2D eigenvalue weighted by atomic mass is 10.0. The fourth-order valence-corrected chi connectivity index (χ4v) is 4.39. The largest absolute Gasteiger partial charge is 0.349 e. The van der Waals surface area contributed by atoms with E-state index in [1.165, 1.54) is 5.56 Å². The van der Waals surface area contributed by atoms with Crippen LogP contribution >= 0.6 is 0 Å². The van der Waals surface area contributed by atoms with Crippen LogP contribution in [0.4, 0.5) is 11.5 Å². The first-order valence-corrected chi connectivity index (χ1v) is 12.1. The number of nitrogens with one attached hydrogen (secondary N) is 2. The third kappa shape index (κ3) is 6.11. The number of amides is 1. The molecule has 2 heterocycles. The van der Waals surface area contributed by atoms with Crippen LogP contribution in [0.5, 0.6) is 0 Å². The van der Waals surface area contributed by atoms with Crippen LogP contribution in [0.25, 0.3) is 11.3 Å². The van der Waals surface area contributed by atoms with E-state index in [-0.39, 0.29) is 11.9 Å². The van der Waals surface area contributed by atoms with E-state index >= 15 is 0 Å². The van der Waals surface area contributed by atoms with Crippen molar-refractivity contribution in [1.29, 1.82) is 0 Å². The molecular formula is C29H29N5O. The summed E-state index contributed by atoms with van der Waals surface area (Å²) in [6.07, 6.45) is 1.92. The van der Waals surface area contributed by atoms with Crippen molar-refractivity contribution < 1.29 is 4.79 Å². The normalized spacial score (nSPS) is 14.4. The van der Waals surface area contributed by atoms with E-state index in [0.29, 0.717) is 11.4 Å². The van der Waals surface area contributed by atoms with Gasteiger partial charge in [-0.3, -0.25) is 9.69 Å². The zero-order valence-corrected chi connectivity index (χ0v) is 19.6. The van der Waals surface area contributed by atoms with Gasteiger partial charge in [0, 0.05) is 42.5 Å². The minimum Gasteiger partial charge on any atom is -0.349 e. The maximum absolute atomic E-state index is 12.9. The Balaban J connectivity index is 1.14. The maximum Gasteiger partial charge on any atom is 0.251 e. The number of piperidine rings is 1. The Bertz CT molecular complexity index is 1240. The van der Waals surface area contributed by atoms with E-state index < -0.39 is 0 Å². The molecule has 0 bridgehead atoms. The summed E-state index contributed by atoms with van der Waals surface area (Å²) >= 11 is 0. The first-order valence-electron chi connectivity index (χ1n) is 12.1. The second-order valence-corrected chi connectivity index (χ2v) is 8.89. The fourth-order valence-electron chi connectivity index (χ4n) is 4.39. The number of carbonyl (C=O) groups is 1. The van der Waals surface area contributed by atoms with Crippen molar-refractivity contribution in [3.05, 3.63) is 108 Å². The van der Waals surface area contributed by atoms with Crippen LogP contribution in [0.1, 0.15) is 28.8 Å². The summed E-state index contributed by atoms with van der Waals surface area (Å²) in [6, 6.07) is 32.0. The minimum absolute atomic E-state index is 0.0410. The number of likely N-dealkylation sites (tertiary alicyclic amines) is 1. The van der Waals surface area contributed by atoms with Gasteiger partial charge in [0.1, 0.15) is 0 Å². The van der Waals surface area contributed by atoms with Crippen LogP contribution in [0.2, 0.25) is 0 Å². The first-order chi connectivity index (χ1) is 17.2. The monoisotopic (exact) mass is 463 g/mol. The summed E-state index contributed by atoms with van der Waals surface area (Å²) < 4.78 is 0. The highest BCUT2D eigenvalue weighted by atomic mass is 16.1. The van der Waals surface area contributed by atoms with Crippen molar-refractivity contribution in [2.45, 2.75) is 25.4 Å². The van der Waals surface area contributed by atoms with Gasteiger partial charge in [-0.1, -0.05) is 66.7 Å². The van der Waals surface area contributed by atoms with Crippen molar-refractivity contribution >= 4 is 17.4 Å². The SMILES string of the molecule is O=C(NC1CCN(Cc2ccccc2)CC1)c1cccc(Nc2ccc(-c3ccccc3)nn2)c1. The van der Waals surface area contributed by atoms with Gasteiger partial charge in [0.15, 0.2) is 5.82 Å². The van der Waals surface area contributed by atoms with Gasteiger partial charge in [-0.2, -0.15) is 0 Å². The van der Waals surface area contributed by atoms with Crippen molar-refractivity contribution in [3.8, 4) is 11.3 Å². The highest BCUT2D eigenvalue weighted by molar-refractivity contribution is 5.95. The molecule has 35 heavy (non-hydrogen) atoms. The van der Waals surface area contributed by atoms with Gasteiger partial charge in [0.25, 0.3) is 5.91 Å². The molecule has 1 aromatic heterocycles. The predicted molar refractivity (Wildman–Crippen MR) is 139 cm³/mol. The van der Waals surface area contributed by atoms with Crippen molar-refractivity contribution in [3.63, 3.8) is 0 Å². The molecule has 6 nitrogen and oxygen atoms in total. The number of benzene rings is 3. The fraction of sp³-hybridized carbons (Fsp3) is 0.207. The third-order valence-electron chi connectivity index (χ3n) is 6.30. The lowest BCUT2D eigenvalue weighted by Gasteiger charge is -2.32. The highest BCUT2D eigenvalue weighted by Crippen LogP contribution is 2.20. The molecule has 0 aliphatic carbocycles. The minimum atomic E-state index is -0.0410. The lowest BCUT2D eigenvalue weighted by molar-refractivity contribution is 0.0909. The van der Waals surface area contributed by atoms with Gasteiger partial charge >= 0.3 is 0 Å². The van der Waals surface area contributed by atoms with E-state index in [1.54, 1.807) is 0 Å². The Morgan fingerprint density at radius 2 is 1.57 bits per heavy atom. The Morgan fingerprint density at radius 3 is 2.29 bits per heavy atom. The average Bonchev–Trinajstić information content (AvgIpc) is 2.91. The van der Waals surface area contributed by atoms with Crippen LogP contribution in [0.15, 0.2) is 97.1 Å². The summed E-state index contributed by atoms with van der Waals surface area (Å²) in [6.45, 7) is 2.93. The predicted octanol–water partition coefficient (Wildman–Crippen LogP) is 5.28. The molecule has 1 amide bonds. The molecular weight excluding hydrogens is 434 g/mol. The number of hydrogen-bond acceptors (Lipinski definition) is 5. The van der Waals surface area contributed by atoms with Crippen LogP contribution in [0, 0.1) is 0 Å². The van der Waals surface area contributed by atoms with Gasteiger partial charge in [-0.25, -0.2) is 0 Å². The summed E-state index contributed by atoms with van der Waals surface area (Å²) in [5.41, 5.74) is 4.61. The van der Waals surface area contributed by atoms with Crippen molar-refractivity contribution in [2.24, 2.45) is 0 Å². The van der Waals surface area contributed by atoms with Crippen LogP contribution in [-0.4, -0.2) is 40.1 Å². The number of nitrogens with zero attached hydrogens (tertiary/aromatic N) is 3. The van der Waals surface area contributed by atoms with Gasteiger partial charge in [0.05, 0.1) is 5.69 Å². The summed E-state index contributed by atoms with van der Waals surface area (Å²) in [4.78, 5) is 15.4. The van der Waals surface area contributed by atoms with E-state index in [1.807, 2.05) is 72.8 Å². The number of aromatic nitrogens is 2. The standard InChI is InChI=1S/C29H29N5O/c35-29(31-25-16-18-34(19-17-25)21-22-8-3-1-4-9-22)24-12-7-13-26(20-24)30-28-15-14-27(32-33-28)23-10-5-2-6-11-23/h1-15,20,25H,16-19,21H2,(H,30,33)(H,31,35). The van der Waals surface area contributed by atoms with Crippen molar-refractivity contribution in [2.75, 3.05) is 18.4 Å². The molecule has 1 saturated heterocycles. The van der Waals surface area contributed by atoms with Gasteiger partial charge in [0.2, 0.25) is 0 Å². The lowest BCUT2D eigenvalue weighted by Crippen LogP contribution is -2.44. The Kier molecular flexibility index (Phi) is 7.10. The molecule has 0 unspecified atom stereocenters. The Labute approximate surface area is 206 Å². The van der Waals surface area contributed by atoms with Crippen LogP contribution < -0.4 is 10.6 Å². The van der Waals surface area contributed by atoms with Gasteiger partial charge < -0.3 is 10.6 Å². The molecule has 6 heteroatoms. The summed E-state index contributed by atoms with van der Waals surface area (Å²) in [5.74, 6) is 0.591. The second-order valence-electron chi connectivity index (χ2n) is 8.89. The Morgan fingerprint density at radius 1 is 0.829 bits per heavy atom. The second kappa shape index (κ2) is 10.9.